The fourth-order valence-electron chi connectivity index (χ4n) is 4.46. The molecule has 19 heavy (non-hydrogen) atoms. The molecule has 0 amide bonds. The van der Waals surface area contributed by atoms with E-state index in [1.165, 1.54) is 64.2 Å². The summed E-state index contributed by atoms with van der Waals surface area (Å²) >= 11 is 0. The highest BCUT2D eigenvalue weighted by Gasteiger charge is 2.30. The third kappa shape index (κ3) is 4.61. The van der Waals surface area contributed by atoms with E-state index in [2.05, 4.69) is 6.92 Å². The molecule has 0 aliphatic heterocycles. The van der Waals surface area contributed by atoms with E-state index >= 15 is 0 Å². The zero-order valence-electron chi connectivity index (χ0n) is 12.8. The van der Waals surface area contributed by atoms with Gasteiger partial charge in [-0.2, -0.15) is 0 Å². The van der Waals surface area contributed by atoms with Crippen LogP contribution in [0.3, 0.4) is 0 Å². The molecule has 2 aliphatic carbocycles. The van der Waals surface area contributed by atoms with E-state index in [9.17, 15) is 4.39 Å². The molecule has 0 N–H and O–H groups in total. The molecule has 0 saturated heterocycles. The van der Waals surface area contributed by atoms with Gasteiger partial charge in [0.2, 0.25) is 0 Å². The Morgan fingerprint density at radius 1 is 0.947 bits per heavy atom. The second-order valence-corrected chi connectivity index (χ2v) is 7.00. The second-order valence-electron chi connectivity index (χ2n) is 7.00. The van der Waals surface area contributed by atoms with Crippen molar-refractivity contribution in [1.82, 2.24) is 0 Å². The van der Waals surface area contributed by atoms with E-state index in [0.717, 1.165) is 17.8 Å². The first kappa shape index (κ1) is 15.1. The highest BCUT2D eigenvalue weighted by Crippen LogP contribution is 2.42. The van der Waals surface area contributed by atoms with Crippen LogP contribution in [-0.2, 0) is 0 Å². The first-order chi connectivity index (χ1) is 9.19. The molecule has 0 spiro atoms. The molecule has 0 heterocycles. The zero-order valence-corrected chi connectivity index (χ0v) is 12.8. The molecule has 0 radical (unpaired) electrons. The Hall–Kier alpha value is -0.330. The van der Waals surface area contributed by atoms with Gasteiger partial charge in [0.25, 0.3) is 0 Å². The summed E-state index contributed by atoms with van der Waals surface area (Å²) in [5, 5.41) is 0. The molecular weight excluding hydrogens is 235 g/mol. The molecule has 0 atom stereocenters. The predicted molar refractivity (Wildman–Crippen MR) is 80.7 cm³/mol. The standard InChI is InChI=1S/C18H31F/c1-3-4-15-5-9-17(10-6-15)18-11-7-16(8-12-18)13-14(2)19/h13,15-18H,3-12H2,1-2H3/b14-13-. The van der Waals surface area contributed by atoms with Crippen LogP contribution >= 0.6 is 0 Å². The van der Waals surface area contributed by atoms with E-state index in [-0.39, 0.29) is 5.83 Å². The molecule has 0 aromatic carbocycles. The van der Waals surface area contributed by atoms with Gasteiger partial charge in [-0.25, -0.2) is 4.39 Å². The van der Waals surface area contributed by atoms with Crippen molar-refractivity contribution < 1.29 is 4.39 Å². The Morgan fingerprint density at radius 2 is 1.47 bits per heavy atom. The lowest BCUT2D eigenvalue weighted by atomic mass is 9.68. The Balaban J connectivity index is 1.72. The minimum absolute atomic E-state index is 0.0172. The van der Waals surface area contributed by atoms with Gasteiger partial charge in [-0.3, -0.25) is 0 Å². The fourth-order valence-corrected chi connectivity index (χ4v) is 4.46. The van der Waals surface area contributed by atoms with Crippen LogP contribution in [0, 0.1) is 23.7 Å². The van der Waals surface area contributed by atoms with Crippen LogP contribution in [0.5, 0.6) is 0 Å². The quantitative estimate of drug-likeness (QED) is 0.562. The summed E-state index contributed by atoms with van der Waals surface area (Å²) in [5.41, 5.74) is 0. The maximum absolute atomic E-state index is 12.9. The summed E-state index contributed by atoms with van der Waals surface area (Å²) in [6.45, 7) is 3.90. The largest absolute Gasteiger partial charge is 0.212 e. The number of halogens is 1. The lowest BCUT2D eigenvalue weighted by molar-refractivity contribution is 0.152. The molecule has 2 fully saturated rings. The minimum Gasteiger partial charge on any atom is -0.212 e. The molecule has 2 aliphatic rings. The van der Waals surface area contributed by atoms with Crippen LogP contribution in [0.2, 0.25) is 0 Å². The smallest absolute Gasteiger partial charge is 0.0931 e. The maximum atomic E-state index is 12.9. The van der Waals surface area contributed by atoms with Crippen molar-refractivity contribution in [3.05, 3.63) is 11.9 Å². The molecule has 0 bridgehead atoms. The molecule has 2 rings (SSSR count). The Labute approximate surface area is 118 Å². The summed E-state index contributed by atoms with van der Waals surface area (Å²) < 4.78 is 12.9. The highest BCUT2D eigenvalue weighted by atomic mass is 19.1. The summed E-state index contributed by atoms with van der Waals surface area (Å²) in [7, 11) is 0. The van der Waals surface area contributed by atoms with Crippen LogP contribution in [0.15, 0.2) is 11.9 Å². The van der Waals surface area contributed by atoms with Crippen molar-refractivity contribution in [2.45, 2.75) is 78.1 Å². The average molecular weight is 266 g/mol. The summed E-state index contributed by atoms with van der Waals surface area (Å²) in [6, 6.07) is 0. The van der Waals surface area contributed by atoms with E-state index in [4.69, 9.17) is 0 Å². The summed E-state index contributed by atoms with van der Waals surface area (Å²) in [6.07, 6.45) is 15.7. The highest BCUT2D eigenvalue weighted by molar-refractivity contribution is 4.95. The topological polar surface area (TPSA) is 0 Å². The van der Waals surface area contributed by atoms with Crippen LogP contribution in [0.4, 0.5) is 4.39 Å². The zero-order chi connectivity index (χ0) is 13.7. The average Bonchev–Trinajstić information content (AvgIpc) is 2.40. The van der Waals surface area contributed by atoms with Crippen LogP contribution < -0.4 is 0 Å². The molecule has 2 saturated carbocycles. The van der Waals surface area contributed by atoms with Gasteiger partial charge in [0, 0.05) is 0 Å². The van der Waals surface area contributed by atoms with Crippen LogP contribution in [0.1, 0.15) is 78.1 Å². The van der Waals surface area contributed by atoms with Gasteiger partial charge in [-0.05, 0) is 69.1 Å². The number of hydrogen-bond donors (Lipinski definition) is 0. The van der Waals surface area contributed by atoms with E-state index < -0.39 is 0 Å². The minimum atomic E-state index is 0.0172. The molecular formula is C18H31F. The molecule has 0 unspecified atom stereocenters. The monoisotopic (exact) mass is 266 g/mol. The molecule has 1 heteroatoms. The van der Waals surface area contributed by atoms with Crippen molar-refractivity contribution in [2.75, 3.05) is 0 Å². The van der Waals surface area contributed by atoms with E-state index in [1.807, 2.05) is 6.08 Å². The van der Waals surface area contributed by atoms with Crippen molar-refractivity contribution in [2.24, 2.45) is 23.7 Å². The number of allylic oxidation sites excluding steroid dienone is 2. The summed E-state index contributed by atoms with van der Waals surface area (Å²) in [4.78, 5) is 0. The maximum Gasteiger partial charge on any atom is 0.0931 e. The third-order valence-electron chi connectivity index (χ3n) is 5.54. The second kappa shape index (κ2) is 7.45. The van der Waals surface area contributed by atoms with E-state index in [1.54, 1.807) is 6.92 Å². The first-order valence-electron chi connectivity index (χ1n) is 8.53. The van der Waals surface area contributed by atoms with Gasteiger partial charge in [0.15, 0.2) is 0 Å². The first-order valence-corrected chi connectivity index (χ1v) is 8.53. The third-order valence-corrected chi connectivity index (χ3v) is 5.54. The molecule has 0 nitrogen and oxygen atoms in total. The predicted octanol–water partition coefficient (Wildman–Crippen LogP) is 6.27. The van der Waals surface area contributed by atoms with Gasteiger partial charge in [0.05, 0.1) is 5.83 Å². The Kier molecular flexibility index (Phi) is 5.91. The van der Waals surface area contributed by atoms with Crippen molar-refractivity contribution in [1.29, 1.82) is 0 Å². The van der Waals surface area contributed by atoms with Crippen LogP contribution in [0.25, 0.3) is 0 Å². The van der Waals surface area contributed by atoms with Gasteiger partial charge in [-0.15, -0.1) is 0 Å². The van der Waals surface area contributed by atoms with Crippen molar-refractivity contribution in [3.8, 4) is 0 Å². The Bertz CT molecular complexity index is 274. The van der Waals surface area contributed by atoms with Crippen molar-refractivity contribution >= 4 is 0 Å². The lowest BCUT2D eigenvalue weighted by Crippen LogP contribution is -2.25. The summed E-state index contributed by atoms with van der Waals surface area (Å²) in [5.74, 6) is 3.51. The number of hydrogen-bond acceptors (Lipinski definition) is 0. The molecule has 0 aromatic rings. The lowest BCUT2D eigenvalue weighted by Gasteiger charge is -2.37. The van der Waals surface area contributed by atoms with Gasteiger partial charge in [0.1, 0.15) is 0 Å². The van der Waals surface area contributed by atoms with Gasteiger partial charge < -0.3 is 0 Å². The SMILES string of the molecule is CCCC1CCC(C2CCC(/C=C(/C)F)CC2)CC1. The van der Waals surface area contributed by atoms with Gasteiger partial charge in [-0.1, -0.05) is 38.7 Å². The van der Waals surface area contributed by atoms with Gasteiger partial charge >= 0.3 is 0 Å². The fraction of sp³-hybridized carbons (Fsp3) is 0.889. The van der Waals surface area contributed by atoms with Crippen LogP contribution in [-0.4, -0.2) is 0 Å². The van der Waals surface area contributed by atoms with E-state index in [0.29, 0.717) is 5.92 Å². The molecule has 110 valence electrons. The Morgan fingerprint density at radius 3 is 1.95 bits per heavy atom. The number of rotatable bonds is 4. The molecule has 0 aromatic heterocycles. The van der Waals surface area contributed by atoms with Crippen molar-refractivity contribution in [3.63, 3.8) is 0 Å². The normalized spacial score (nSPS) is 37.3.